The minimum absolute atomic E-state index is 0.00481. The van der Waals surface area contributed by atoms with Gasteiger partial charge in [0.25, 0.3) is 0 Å². The molecule has 0 aliphatic carbocycles. The summed E-state index contributed by atoms with van der Waals surface area (Å²) < 4.78 is 0.933. The van der Waals surface area contributed by atoms with Crippen LogP contribution in [0, 0.1) is 0 Å². The highest BCUT2D eigenvalue weighted by Gasteiger charge is 2.25. The normalized spacial score (nSPS) is 15.2. The van der Waals surface area contributed by atoms with Crippen LogP contribution in [0.15, 0.2) is 22.7 Å². The number of nitrogens with one attached hydrogen (secondary N) is 1. The van der Waals surface area contributed by atoms with Crippen LogP contribution in [0.2, 0.25) is 5.02 Å². The van der Waals surface area contributed by atoms with Crippen LogP contribution in [0.1, 0.15) is 12.5 Å². The minimum atomic E-state index is -0.488. The van der Waals surface area contributed by atoms with Crippen LogP contribution in [0.3, 0.4) is 0 Å². The van der Waals surface area contributed by atoms with Crippen LogP contribution < -0.4 is 5.32 Å². The van der Waals surface area contributed by atoms with Crippen molar-refractivity contribution >= 4 is 27.5 Å². The lowest BCUT2D eigenvalue weighted by atomic mass is 9.93. The van der Waals surface area contributed by atoms with E-state index in [-0.39, 0.29) is 6.61 Å². The lowest BCUT2D eigenvalue weighted by Crippen LogP contribution is -2.40. The number of hydrogen-bond acceptors (Lipinski definition) is 2. The first kappa shape index (κ1) is 12.0. The van der Waals surface area contributed by atoms with Gasteiger partial charge in [-0.15, -0.1) is 0 Å². The predicted octanol–water partition coefficient (Wildman–Crippen LogP) is 2.53. The average molecular weight is 279 g/mol. The zero-order valence-corrected chi connectivity index (χ0v) is 10.5. The lowest BCUT2D eigenvalue weighted by Gasteiger charge is -2.28. The van der Waals surface area contributed by atoms with Gasteiger partial charge in [-0.25, -0.2) is 0 Å². The predicted molar refractivity (Wildman–Crippen MR) is 62.6 cm³/mol. The van der Waals surface area contributed by atoms with Gasteiger partial charge in [-0.3, -0.25) is 0 Å². The summed E-state index contributed by atoms with van der Waals surface area (Å²) in [5.41, 5.74) is 0.407. The third-order valence-corrected chi connectivity index (χ3v) is 3.20. The second kappa shape index (κ2) is 4.62. The van der Waals surface area contributed by atoms with E-state index in [1.165, 1.54) is 0 Å². The van der Waals surface area contributed by atoms with Gasteiger partial charge in [0.15, 0.2) is 0 Å². The maximum atomic E-state index is 9.30. The fourth-order valence-electron chi connectivity index (χ4n) is 1.24. The van der Waals surface area contributed by atoms with Crippen molar-refractivity contribution in [2.24, 2.45) is 0 Å². The molecule has 1 atom stereocenters. The average Bonchev–Trinajstić information content (AvgIpc) is 2.17. The van der Waals surface area contributed by atoms with Gasteiger partial charge in [0.2, 0.25) is 0 Å². The van der Waals surface area contributed by atoms with E-state index in [0.29, 0.717) is 5.02 Å². The van der Waals surface area contributed by atoms with E-state index in [1.54, 1.807) is 7.05 Å². The zero-order valence-electron chi connectivity index (χ0n) is 8.14. The van der Waals surface area contributed by atoms with Crippen LogP contribution in [-0.4, -0.2) is 18.8 Å². The molecule has 0 saturated heterocycles. The van der Waals surface area contributed by atoms with E-state index in [4.69, 9.17) is 11.6 Å². The van der Waals surface area contributed by atoms with Gasteiger partial charge in [-0.05, 0) is 31.7 Å². The van der Waals surface area contributed by atoms with Gasteiger partial charge in [-0.2, -0.15) is 0 Å². The highest BCUT2D eigenvalue weighted by Crippen LogP contribution is 2.29. The Hall–Kier alpha value is -0.0900. The monoisotopic (exact) mass is 277 g/mol. The molecule has 0 amide bonds. The summed E-state index contributed by atoms with van der Waals surface area (Å²) in [4.78, 5) is 0. The Bertz CT molecular complexity index is 326. The van der Waals surface area contributed by atoms with E-state index in [1.807, 2.05) is 25.1 Å². The van der Waals surface area contributed by atoms with Gasteiger partial charge >= 0.3 is 0 Å². The molecule has 0 radical (unpaired) electrons. The van der Waals surface area contributed by atoms with Gasteiger partial charge in [0.1, 0.15) is 0 Å². The fourth-order valence-corrected chi connectivity index (χ4v) is 2.12. The van der Waals surface area contributed by atoms with Crippen LogP contribution >= 0.6 is 27.5 Å². The number of aliphatic hydroxyl groups is 1. The highest BCUT2D eigenvalue weighted by molar-refractivity contribution is 9.10. The first-order valence-corrected chi connectivity index (χ1v) is 5.46. The molecular formula is C10H13BrClNO. The summed E-state index contributed by atoms with van der Waals surface area (Å²) in [5, 5.41) is 13.0. The van der Waals surface area contributed by atoms with Crippen LogP contribution in [0.25, 0.3) is 0 Å². The van der Waals surface area contributed by atoms with E-state index < -0.39 is 5.54 Å². The Morgan fingerprint density at radius 1 is 1.57 bits per heavy atom. The topological polar surface area (TPSA) is 32.3 Å². The molecule has 78 valence electrons. The molecule has 0 aromatic heterocycles. The summed E-state index contributed by atoms with van der Waals surface area (Å²) in [6.07, 6.45) is 0. The van der Waals surface area contributed by atoms with Crippen molar-refractivity contribution < 1.29 is 5.11 Å². The standard InChI is InChI=1S/C10H13BrClNO/c1-10(6-14,13-2)8-4-3-7(11)5-9(8)12/h3-5,13-14H,6H2,1-2H3. The molecule has 1 rings (SSSR count). The van der Waals surface area contributed by atoms with Crippen molar-refractivity contribution in [3.05, 3.63) is 33.3 Å². The fraction of sp³-hybridized carbons (Fsp3) is 0.400. The molecule has 2 N–H and O–H groups in total. The molecule has 0 bridgehead atoms. The van der Waals surface area contributed by atoms with Gasteiger partial charge in [-0.1, -0.05) is 33.6 Å². The Morgan fingerprint density at radius 2 is 2.21 bits per heavy atom. The number of aliphatic hydroxyl groups excluding tert-OH is 1. The molecular weight excluding hydrogens is 265 g/mol. The molecule has 0 fully saturated rings. The molecule has 0 aliphatic heterocycles. The summed E-state index contributed by atoms with van der Waals surface area (Å²) >= 11 is 9.43. The molecule has 14 heavy (non-hydrogen) atoms. The SMILES string of the molecule is CNC(C)(CO)c1ccc(Br)cc1Cl. The second-order valence-electron chi connectivity index (χ2n) is 3.36. The maximum absolute atomic E-state index is 9.30. The van der Waals surface area contributed by atoms with E-state index >= 15 is 0 Å². The highest BCUT2D eigenvalue weighted by atomic mass is 79.9. The largest absolute Gasteiger partial charge is 0.394 e. The van der Waals surface area contributed by atoms with Crippen LogP contribution in [-0.2, 0) is 5.54 Å². The molecule has 0 saturated carbocycles. The number of likely N-dealkylation sites (N-methyl/N-ethyl adjacent to an activating group) is 1. The van der Waals surface area contributed by atoms with Crippen molar-refractivity contribution in [1.82, 2.24) is 5.32 Å². The molecule has 1 unspecified atom stereocenters. The number of benzene rings is 1. The maximum Gasteiger partial charge on any atom is 0.0653 e. The van der Waals surface area contributed by atoms with E-state index in [0.717, 1.165) is 10.0 Å². The Labute approximate surface area is 97.4 Å². The van der Waals surface area contributed by atoms with E-state index in [9.17, 15) is 5.11 Å². The van der Waals surface area contributed by atoms with E-state index in [2.05, 4.69) is 21.2 Å². The van der Waals surface area contributed by atoms with Crippen molar-refractivity contribution in [1.29, 1.82) is 0 Å². The van der Waals surface area contributed by atoms with Gasteiger partial charge in [0.05, 0.1) is 12.1 Å². The first-order chi connectivity index (χ1) is 6.53. The molecule has 2 nitrogen and oxygen atoms in total. The number of hydrogen-bond donors (Lipinski definition) is 2. The zero-order chi connectivity index (χ0) is 10.8. The third-order valence-electron chi connectivity index (χ3n) is 2.39. The van der Waals surface area contributed by atoms with Gasteiger partial charge < -0.3 is 10.4 Å². The molecule has 1 aromatic carbocycles. The summed E-state index contributed by atoms with van der Waals surface area (Å²) in [5.74, 6) is 0. The van der Waals surface area contributed by atoms with Gasteiger partial charge in [0, 0.05) is 9.50 Å². The Balaban J connectivity index is 3.17. The summed E-state index contributed by atoms with van der Waals surface area (Å²) in [7, 11) is 1.80. The lowest BCUT2D eigenvalue weighted by molar-refractivity contribution is 0.183. The molecule has 0 aliphatic rings. The van der Waals surface area contributed by atoms with Crippen molar-refractivity contribution in [2.45, 2.75) is 12.5 Å². The number of halogens is 2. The summed E-state index contributed by atoms with van der Waals surface area (Å²) in [6.45, 7) is 1.91. The van der Waals surface area contributed by atoms with Crippen LogP contribution in [0.5, 0.6) is 0 Å². The molecule has 1 aromatic rings. The van der Waals surface area contributed by atoms with Crippen LogP contribution in [0.4, 0.5) is 0 Å². The van der Waals surface area contributed by atoms with Crippen molar-refractivity contribution in [2.75, 3.05) is 13.7 Å². The third kappa shape index (κ3) is 2.28. The molecule has 0 spiro atoms. The second-order valence-corrected chi connectivity index (χ2v) is 4.69. The smallest absolute Gasteiger partial charge is 0.0653 e. The number of rotatable bonds is 3. The molecule has 0 heterocycles. The minimum Gasteiger partial charge on any atom is -0.394 e. The Kier molecular flexibility index (Phi) is 3.95. The molecule has 4 heteroatoms. The quantitative estimate of drug-likeness (QED) is 0.890. The first-order valence-electron chi connectivity index (χ1n) is 4.29. The Morgan fingerprint density at radius 3 is 2.64 bits per heavy atom. The van der Waals surface area contributed by atoms with Crippen molar-refractivity contribution in [3.63, 3.8) is 0 Å². The van der Waals surface area contributed by atoms with Crippen molar-refractivity contribution in [3.8, 4) is 0 Å². The summed E-state index contributed by atoms with van der Waals surface area (Å²) in [6, 6.07) is 5.63.